The fourth-order valence-electron chi connectivity index (χ4n) is 1.16. The molecular weight excluding hydrogens is 248 g/mol. The highest BCUT2D eigenvalue weighted by Gasteiger charge is 2.22. The van der Waals surface area contributed by atoms with Gasteiger partial charge in [0, 0.05) is 12.7 Å². The molecule has 0 N–H and O–H groups in total. The fourth-order valence-corrected chi connectivity index (χ4v) is 2.78. The Morgan fingerprint density at radius 3 is 2.81 bits per heavy atom. The van der Waals surface area contributed by atoms with Gasteiger partial charge in [-0.2, -0.15) is 4.31 Å². The monoisotopic (exact) mass is 258 g/mol. The molecule has 0 fully saturated rings. The van der Waals surface area contributed by atoms with E-state index < -0.39 is 10.0 Å². The standard InChI is InChI=1S/C10H11ClN2O2S/c1-3-7-13(4-2)16(14,15)9-5-6-12-10(11)8-9/h1,5-6,8H,4,7H2,2H3. The number of pyridine rings is 1. The van der Waals surface area contributed by atoms with E-state index in [4.69, 9.17) is 18.0 Å². The first-order valence-electron chi connectivity index (χ1n) is 4.57. The smallest absolute Gasteiger partial charge is 0.244 e. The number of nitrogens with zero attached hydrogens (tertiary/aromatic N) is 2. The van der Waals surface area contributed by atoms with E-state index in [0.29, 0.717) is 6.54 Å². The third-order valence-electron chi connectivity index (χ3n) is 1.96. The largest absolute Gasteiger partial charge is 0.244 e. The molecule has 0 unspecified atom stereocenters. The Labute approximate surface area is 100 Å². The van der Waals surface area contributed by atoms with Gasteiger partial charge in [0.15, 0.2) is 0 Å². The zero-order chi connectivity index (χ0) is 12.2. The molecule has 0 atom stereocenters. The normalized spacial score (nSPS) is 11.4. The molecule has 4 nitrogen and oxygen atoms in total. The second-order valence-corrected chi connectivity index (χ2v) is 5.27. The first-order valence-corrected chi connectivity index (χ1v) is 6.39. The predicted molar refractivity (Wildman–Crippen MR) is 62.5 cm³/mol. The molecule has 6 heteroatoms. The van der Waals surface area contributed by atoms with Crippen LogP contribution in [0.5, 0.6) is 0 Å². The molecule has 1 rings (SSSR count). The highest BCUT2D eigenvalue weighted by Crippen LogP contribution is 2.17. The molecule has 0 radical (unpaired) electrons. The Bertz CT molecular complexity index is 508. The van der Waals surface area contributed by atoms with E-state index in [2.05, 4.69) is 10.9 Å². The van der Waals surface area contributed by atoms with E-state index in [0.717, 1.165) is 0 Å². The maximum atomic E-state index is 12.0. The predicted octanol–water partition coefficient (Wildman–Crippen LogP) is 1.38. The summed E-state index contributed by atoms with van der Waals surface area (Å²) in [7, 11) is -3.57. The van der Waals surface area contributed by atoms with Crippen molar-refractivity contribution >= 4 is 21.6 Å². The summed E-state index contributed by atoms with van der Waals surface area (Å²) >= 11 is 5.64. The van der Waals surface area contributed by atoms with Crippen LogP contribution in [0.3, 0.4) is 0 Å². The van der Waals surface area contributed by atoms with Crippen molar-refractivity contribution in [2.75, 3.05) is 13.1 Å². The van der Waals surface area contributed by atoms with Gasteiger partial charge in [-0.25, -0.2) is 13.4 Å². The second-order valence-electron chi connectivity index (χ2n) is 2.95. The summed E-state index contributed by atoms with van der Waals surface area (Å²) in [6.45, 7) is 2.07. The highest BCUT2D eigenvalue weighted by molar-refractivity contribution is 7.89. The maximum absolute atomic E-state index is 12.0. The number of sulfonamides is 1. The summed E-state index contributed by atoms with van der Waals surface area (Å²) in [6.07, 6.45) is 6.46. The van der Waals surface area contributed by atoms with Crippen LogP contribution in [-0.2, 0) is 10.0 Å². The summed E-state index contributed by atoms with van der Waals surface area (Å²) in [6, 6.07) is 2.69. The number of rotatable bonds is 4. The van der Waals surface area contributed by atoms with Gasteiger partial charge in [0.25, 0.3) is 0 Å². The minimum atomic E-state index is -3.57. The molecule has 0 amide bonds. The molecule has 0 saturated carbocycles. The van der Waals surface area contributed by atoms with Gasteiger partial charge in [0.1, 0.15) is 5.15 Å². The molecular formula is C10H11ClN2O2S. The van der Waals surface area contributed by atoms with Crippen LogP contribution in [0.1, 0.15) is 6.92 Å². The zero-order valence-electron chi connectivity index (χ0n) is 8.72. The van der Waals surface area contributed by atoms with Gasteiger partial charge in [0.05, 0.1) is 11.4 Å². The van der Waals surface area contributed by atoms with Crippen molar-refractivity contribution in [2.24, 2.45) is 0 Å². The van der Waals surface area contributed by atoms with Gasteiger partial charge in [-0.15, -0.1) is 6.42 Å². The first-order chi connectivity index (χ1) is 7.52. The van der Waals surface area contributed by atoms with Crippen LogP contribution in [0, 0.1) is 12.3 Å². The summed E-state index contributed by atoms with van der Waals surface area (Å²) < 4.78 is 25.3. The summed E-state index contributed by atoms with van der Waals surface area (Å²) in [5, 5.41) is 0.137. The fraction of sp³-hybridized carbons (Fsp3) is 0.300. The van der Waals surface area contributed by atoms with E-state index >= 15 is 0 Å². The van der Waals surface area contributed by atoms with Crippen LogP contribution in [0.4, 0.5) is 0 Å². The molecule has 1 aromatic heterocycles. The lowest BCUT2D eigenvalue weighted by Gasteiger charge is -2.17. The van der Waals surface area contributed by atoms with Gasteiger partial charge < -0.3 is 0 Å². The molecule has 16 heavy (non-hydrogen) atoms. The third-order valence-corrected chi connectivity index (χ3v) is 4.08. The number of hydrogen-bond donors (Lipinski definition) is 0. The van der Waals surface area contributed by atoms with E-state index in [9.17, 15) is 8.42 Å². The molecule has 1 aromatic rings. The molecule has 0 saturated heterocycles. The lowest BCUT2D eigenvalue weighted by molar-refractivity contribution is 0.464. The average Bonchev–Trinajstić information content (AvgIpc) is 2.25. The van der Waals surface area contributed by atoms with Crippen LogP contribution in [0.2, 0.25) is 5.15 Å². The van der Waals surface area contributed by atoms with Crippen molar-refractivity contribution in [2.45, 2.75) is 11.8 Å². The first kappa shape index (κ1) is 13.0. The molecule has 0 bridgehead atoms. The van der Waals surface area contributed by atoms with Gasteiger partial charge in [0.2, 0.25) is 10.0 Å². The number of terminal acetylenes is 1. The van der Waals surface area contributed by atoms with Crippen molar-refractivity contribution in [3.63, 3.8) is 0 Å². The Kier molecular flexibility index (Phi) is 4.30. The van der Waals surface area contributed by atoms with Gasteiger partial charge in [-0.3, -0.25) is 0 Å². The highest BCUT2D eigenvalue weighted by atomic mass is 35.5. The van der Waals surface area contributed by atoms with Crippen molar-refractivity contribution in [3.8, 4) is 12.3 Å². The average molecular weight is 259 g/mol. The summed E-state index contributed by atoms with van der Waals surface area (Å²) in [5.41, 5.74) is 0. The van der Waals surface area contributed by atoms with Crippen molar-refractivity contribution in [1.82, 2.24) is 9.29 Å². The maximum Gasteiger partial charge on any atom is 0.244 e. The molecule has 0 aliphatic rings. The Morgan fingerprint density at radius 1 is 1.62 bits per heavy atom. The zero-order valence-corrected chi connectivity index (χ0v) is 10.3. The Balaban J connectivity index is 3.16. The molecule has 86 valence electrons. The van der Waals surface area contributed by atoms with E-state index in [-0.39, 0.29) is 16.6 Å². The van der Waals surface area contributed by atoms with Gasteiger partial charge >= 0.3 is 0 Å². The molecule has 0 aliphatic heterocycles. The molecule has 0 aromatic carbocycles. The van der Waals surface area contributed by atoms with Crippen LogP contribution >= 0.6 is 11.6 Å². The number of halogens is 1. The lowest BCUT2D eigenvalue weighted by atomic mass is 10.5. The van der Waals surface area contributed by atoms with E-state index in [1.54, 1.807) is 6.92 Å². The number of aromatic nitrogens is 1. The van der Waals surface area contributed by atoms with Crippen LogP contribution in [-0.4, -0.2) is 30.8 Å². The minimum absolute atomic E-state index is 0.0405. The number of hydrogen-bond acceptors (Lipinski definition) is 3. The SMILES string of the molecule is C#CCN(CC)S(=O)(=O)c1ccnc(Cl)c1. The van der Waals surface area contributed by atoms with Crippen LogP contribution in [0.15, 0.2) is 23.2 Å². The summed E-state index contributed by atoms with van der Waals surface area (Å²) in [4.78, 5) is 3.83. The molecule has 0 spiro atoms. The Morgan fingerprint density at radius 2 is 2.31 bits per heavy atom. The minimum Gasteiger partial charge on any atom is -0.244 e. The quantitative estimate of drug-likeness (QED) is 0.606. The van der Waals surface area contributed by atoms with Gasteiger partial charge in [-0.1, -0.05) is 24.4 Å². The van der Waals surface area contributed by atoms with E-state index in [1.165, 1.54) is 22.6 Å². The van der Waals surface area contributed by atoms with Crippen molar-refractivity contribution in [3.05, 3.63) is 23.5 Å². The van der Waals surface area contributed by atoms with Crippen molar-refractivity contribution in [1.29, 1.82) is 0 Å². The van der Waals surface area contributed by atoms with Crippen LogP contribution in [0.25, 0.3) is 0 Å². The summed E-state index contributed by atoms with van der Waals surface area (Å²) in [5.74, 6) is 2.31. The molecule has 1 heterocycles. The molecule has 0 aliphatic carbocycles. The van der Waals surface area contributed by atoms with E-state index in [1.807, 2.05) is 0 Å². The third kappa shape index (κ3) is 2.73. The Hall–Kier alpha value is -1.09. The van der Waals surface area contributed by atoms with Crippen molar-refractivity contribution < 1.29 is 8.42 Å². The topological polar surface area (TPSA) is 50.3 Å². The van der Waals surface area contributed by atoms with Gasteiger partial charge in [-0.05, 0) is 12.1 Å². The van der Waals surface area contributed by atoms with Crippen LogP contribution < -0.4 is 0 Å². The second kappa shape index (κ2) is 5.30. The lowest BCUT2D eigenvalue weighted by Crippen LogP contribution is -2.31.